The second kappa shape index (κ2) is 10.8. The fourth-order valence-corrected chi connectivity index (χ4v) is 3.03. The Kier molecular flexibility index (Phi) is 7.89. The van der Waals surface area contributed by atoms with E-state index in [1.807, 2.05) is 30.3 Å². The van der Waals surface area contributed by atoms with Crippen LogP contribution in [0.15, 0.2) is 92.9 Å². The van der Waals surface area contributed by atoms with Gasteiger partial charge in [0.2, 0.25) is 0 Å². The van der Waals surface area contributed by atoms with E-state index in [4.69, 9.17) is 0 Å². The van der Waals surface area contributed by atoms with Gasteiger partial charge in [0.25, 0.3) is 11.8 Å². The molecule has 0 aliphatic heterocycles. The van der Waals surface area contributed by atoms with Crippen LogP contribution in [0.1, 0.15) is 26.3 Å². The lowest BCUT2D eigenvalue weighted by Gasteiger charge is -2.11. The minimum Gasteiger partial charge on any atom is -0.287 e. The molecule has 2 amide bonds. The van der Waals surface area contributed by atoms with E-state index in [0.717, 1.165) is 14.5 Å². The van der Waals surface area contributed by atoms with Crippen molar-refractivity contribution < 1.29 is 9.59 Å². The van der Waals surface area contributed by atoms with E-state index in [2.05, 4.69) is 53.2 Å². The first-order valence-electron chi connectivity index (χ1n) is 8.99. The fourth-order valence-electron chi connectivity index (χ4n) is 2.50. The highest BCUT2D eigenvalue weighted by Gasteiger charge is 2.09. The van der Waals surface area contributed by atoms with E-state index in [0.29, 0.717) is 16.8 Å². The van der Waals surface area contributed by atoms with Gasteiger partial charge in [-0.3, -0.25) is 15.0 Å². The first-order chi connectivity index (χ1) is 14.5. The molecule has 0 bridgehead atoms. The number of hydrazine groups is 1. The Balaban J connectivity index is 1.66. The maximum atomic E-state index is 12.4. The molecule has 6 nitrogen and oxygen atoms in total. The summed E-state index contributed by atoms with van der Waals surface area (Å²) >= 11 is 6.68. The quantitative estimate of drug-likeness (QED) is 0.315. The Bertz CT molecular complexity index is 1040. The first kappa shape index (κ1) is 21.9. The summed E-state index contributed by atoms with van der Waals surface area (Å²) in [6.45, 7) is 0.215. The van der Waals surface area contributed by atoms with Crippen LogP contribution in [0.5, 0.6) is 0 Å². The van der Waals surface area contributed by atoms with Gasteiger partial charge in [-0.1, -0.05) is 62.2 Å². The molecule has 30 heavy (non-hydrogen) atoms. The molecule has 0 fully saturated rings. The molecule has 3 aromatic rings. The molecule has 0 radical (unpaired) electrons. The lowest BCUT2D eigenvalue weighted by Crippen LogP contribution is -2.41. The third kappa shape index (κ3) is 6.35. The summed E-state index contributed by atoms with van der Waals surface area (Å²) in [5, 5.41) is 4.26. The van der Waals surface area contributed by atoms with Crippen LogP contribution in [-0.4, -0.2) is 24.1 Å². The molecule has 0 spiro atoms. The van der Waals surface area contributed by atoms with Crippen molar-refractivity contribution in [3.8, 4) is 0 Å². The van der Waals surface area contributed by atoms with Gasteiger partial charge in [-0.2, -0.15) is 5.10 Å². The summed E-state index contributed by atoms with van der Waals surface area (Å²) in [4.78, 5) is 24.6. The van der Waals surface area contributed by atoms with Crippen LogP contribution in [-0.2, 0) is 0 Å². The van der Waals surface area contributed by atoms with Gasteiger partial charge in [0, 0.05) is 20.1 Å². The number of hydrogen-bond donors (Lipinski definition) is 3. The number of hydrazone groups is 1. The maximum absolute atomic E-state index is 12.4. The zero-order chi connectivity index (χ0) is 21.3. The van der Waals surface area contributed by atoms with Gasteiger partial charge in [0.1, 0.15) is 0 Å². The van der Waals surface area contributed by atoms with E-state index in [1.54, 1.807) is 48.5 Å². The molecule has 8 heteroatoms. The van der Waals surface area contributed by atoms with Crippen LogP contribution in [0.25, 0.3) is 0 Å². The van der Waals surface area contributed by atoms with Crippen LogP contribution in [0.2, 0.25) is 0 Å². The summed E-state index contributed by atoms with van der Waals surface area (Å²) in [7, 11) is 0. The number of carbonyl (C=O) groups excluding carboxylic acids is 2. The molecule has 0 aromatic heterocycles. The Morgan fingerprint density at radius 1 is 0.700 bits per heavy atom. The minimum atomic E-state index is -0.324. The molecule has 3 aromatic carbocycles. The third-order valence-corrected chi connectivity index (χ3v) is 5.13. The molecule has 152 valence electrons. The smallest absolute Gasteiger partial charge is 0.271 e. The second-order valence-electron chi connectivity index (χ2n) is 6.19. The Morgan fingerprint density at radius 2 is 1.23 bits per heavy atom. The SMILES string of the molecule is O=C(N/N=C(\CNNC(=O)c1ccc(Br)cc1)c1ccccc1)c1ccc(Br)cc1. The predicted molar refractivity (Wildman–Crippen MR) is 124 cm³/mol. The lowest BCUT2D eigenvalue weighted by molar-refractivity contribution is 0.0931. The number of benzene rings is 3. The van der Waals surface area contributed by atoms with Gasteiger partial charge in [-0.05, 0) is 54.1 Å². The lowest BCUT2D eigenvalue weighted by atomic mass is 10.1. The number of halogens is 2. The number of rotatable bonds is 7. The average Bonchev–Trinajstić information content (AvgIpc) is 2.77. The van der Waals surface area contributed by atoms with E-state index >= 15 is 0 Å². The molecular weight excluding hydrogens is 512 g/mol. The van der Waals surface area contributed by atoms with E-state index in [-0.39, 0.29) is 18.4 Å². The minimum absolute atomic E-state index is 0.215. The van der Waals surface area contributed by atoms with Crippen molar-refractivity contribution in [3.63, 3.8) is 0 Å². The first-order valence-corrected chi connectivity index (χ1v) is 10.6. The normalized spacial score (nSPS) is 11.1. The zero-order valence-corrected chi connectivity index (χ0v) is 18.9. The summed E-state index contributed by atoms with van der Waals surface area (Å²) < 4.78 is 1.78. The molecule has 0 saturated heterocycles. The van der Waals surface area contributed by atoms with Gasteiger partial charge in [-0.15, -0.1) is 0 Å². The summed E-state index contributed by atoms with van der Waals surface area (Å²) in [5.41, 5.74) is 10.5. The van der Waals surface area contributed by atoms with Crippen molar-refractivity contribution >= 4 is 49.4 Å². The Hall–Kier alpha value is -2.81. The van der Waals surface area contributed by atoms with Crippen molar-refractivity contribution in [1.29, 1.82) is 0 Å². The van der Waals surface area contributed by atoms with Gasteiger partial charge < -0.3 is 0 Å². The molecule has 0 atom stereocenters. The van der Waals surface area contributed by atoms with Gasteiger partial charge in [0.05, 0.1) is 12.3 Å². The fraction of sp³-hybridized carbons (Fsp3) is 0.0455. The van der Waals surface area contributed by atoms with Gasteiger partial charge in [0.15, 0.2) is 0 Å². The Labute approximate surface area is 191 Å². The molecule has 3 N–H and O–H groups in total. The highest BCUT2D eigenvalue weighted by Crippen LogP contribution is 2.11. The third-order valence-electron chi connectivity index (χ3n) is 4.07. The molecule has 0 aliphatic carbocycles. The van der Waals surface area contributed by atoms with E-state index in [9.17, 15) is 9.59 Å². The standard InChI is InChI=1S/C22H18Br2N4O2/c23-18-10-6-16(7-11-18)21(29)27-25-14-20(15-4-2-1-3-5-15)26-28-22(30)17-8-12-19(24)13-9-17/h1-13,25H,14H2,(H,27,29)(H,28,30)/b26-20+. The van der Waals surface area contributed by atoms with Crippen LogP contribution in [0, 0.1) is 0 Å². The second-order valence-corrected chi connectivity index (χ2v) is 8.02. The van der Waals surface area contributed by atoms with E-state index in [1.165, 1.54) is 0 Å². The molecule has 0 unspecified atom stereocenters. The molecule has 0 heterocycles. The van der Waals surface area contributed by atoms with Gasteiger partial charge in [-0.25, -0.2) is 10.9 Å². The number of hydrogen-bond acceptors (Lipinski definition) is 4. The van der Waals surface area contributed by atoms with Crippen LogP contribution < -0.4 is 16.3 Å². The zero-order valence-electron chi connectivity index (χ0n) is 15.7. The highest BCUT2D eigenvalue weighted by molar-refractivity contribution is 9.10. The summed E-state index contributed by atoms with van der Waals surface area (Å²) in [6, 6.07) is 23.4. The maximum Gasteiger partial charge on any atom is 0.271 e. The molecule has 0 aliphatic rings. The van der Waals surface area contributed by atoms with Gasteiger partial charge >= 0.3 is 0 Å². The highest BCUT2D eigenvalue weighted by atomic mass is 79.9. The van der Waals surface area contributed by atoms with Crippen LogP contribution in [0.4, 0.5) is 0 Å². The number of nitrogens with one attached hydrogen (secondary N) is 3. The van der Waals surface area contributed by atoms with Crippen LogP contribution in [0.3, 0.4) is 0 Å². The number of amides is 2. The summed E-state index contributed by atoms with van der Waals surface area (Å²) in [5.74, 6) is -0.594. The monoisotopic (exact) mass is 528 g/mol. The molecule has 3 rings (SSSR count). The van der Waals surface area contributed by atoms with Crippen molar-refractivity contribution in [3.05, 3.63) is 104 Å². The van der Waals surface area contributed by atoms with Crippen molar-refractivity contribution in [2.45, 2.75) is 0 Å². The topological polar surface area (TPSA) is 82.6 Å². The molecular formula is C22H18Br2N4O2. The van der Waals surface area contributed by atoms with Crippen molar-refractivity contribution in [1.82, 2.24) is 16.3 Å². The Morgan fingerprint density at radius 3 is 1.80 bits per heavy atom. The number of carbonyl (C=O) groups is 2. The average molecular weight is 530 g/mol. The van der Waals surface area contributed by atoms with Crippen molar-refractivity contribution in [2.75, 3.05) is 6.54 Å². The van der Waals surface area contributed by atoms with Crippen LogP contribution >= 0.6 is 31.9 Å². The molecule has 0 saturated carbocycles. The summed E-state index contributed by atoms with van der Waals surface area (Å²) in [6.07, 6.45) is 0. The largest absolute Gasteiger partial charge is 0.287 e. The van der Waals surface area contributed by atoms with Crippen molar-refractivity contribution in [2.24, 2.45) is 5.10 Å². The predicted octanol–water partition coefficient (Wildman–Crippen LogP) is 4.28. The van der Waals surface area contributed by atoms with E-state index < -0.39 is 0 Å². The number of nitrogens with zero attached hydrogens (tertiary/aromatic N) is 1.